The first-order valence-corrected chi connectivity index (χ1v) is 5.62. The molecule has 0 amide bonds. The van der Waals surface area contributed by atoms with Crippen LogP contribution in [0.1, 0.15) is 47.0 Å². The van der Waals surface area contributed by atoms with Gasteiger partial charge in [0.2, 0.25) is 5.24 Å². The Morgan fingerprint density at radius 3 is 2.21 bits per heavy atom. The van der Waals surface area contributed by atoms with Crippen molar-refractivity contribution < 1.29 is 9.53 Å². The highest BCUT2D eigenvalue weighted by Gasteiger charge is 1.92. The predicted molar refractivity (Wildman–Crippen MR) is 61.7 cm³/mol. The van der Waals surface area contributed by atoms with E-state index in [2.05, 4.69) is 32.4 Å². The molecular weight excluding hydrogens is 200 g/mol. The molecule has 0 aromatic rings. The molecule has 0 aromatic carbocycles. The van der Waals surface area contributed by atoms with Gasteiger partial charge in [0.25, 0.3) is 0 Å². The minimum Gasteiger partial charge on any atom is -0.381 e. The lowest BCUT2D eigenvalue weighted by molar-refractivity contribution is -0.109. The molecule has 0 atom stereocenters. The summed E-state index contributed by atoms with van der Waals surface area (Å²) < 4.78 is 5.40. The lowest BCUT2D eigenvalue weighted by Gasteiger charge is -2.05. The van der Waals surface area contributed by atoms with Crippen LogP contribution in [0.25, 0.3) is 0 Å². The van der Waals surface area contributed by atoms with Crippen LogP contribution < -0.4 is 0 Å². The van der Waals surface area contributed by atoms with Crippen molar-refractivity contribution in [2.45, 2.75) is 47.0 Å². The lowest BCUT2D eigenvalue weighted by atomic mass is 10.2. The average molecular weight is 223 g/mol. The van der Waals surface area contributed by atoms with Crippen LogP contribution in [-0.4, -0.2) is 18.5 Å². The van der Waals surface area contributed by atoms with Crippen molar-refractivity contribution in [3.05, 3.63) is 0 Å². The van der Waals surface area contributed by atoms with E-state index < -0.39 is 0 Å². The fourth-order valence-electron chi connectivity index (χ4n) is 0.773. The third kappa shape index (κ3) is 29.7. The first-order valence-electron chi connectivity index (χ1n) is 5.24. The van der Waals surface area contributed by atoms with E-state index in [0.717, 1.165) is 13.2 Å². The molecule has 0 aliphatic rings. The number of halogens is 1. The van der Waals surface area contributed by atoms with Crippen molar-refractivity contribution in [3.8, 4) is 0 Å². The molecule has 86 valence electrons. The van der Waals surface area contributed by atoms with Gasteiger partial charge in [-0.1, -0.05) is 33.6 Å². The molecule has 0 fully saturated rings. The Bertz CT molecular complexity index is 120. The van der Waals surface area contributed by atoms with Crippen molar-refractivity contribution >= 4 is 16.8 Å². The topological polar surface area (TPSA) is 26.3 Å². The van der Waals surface area contributed by atoms with E-state index >= 15 is 0 Å². The first kappa shape index (κ1) is 16.4. The summed E-state index contributed by atoms with van der Waals surface area (Å²) >= 11 is 4.64. The van der Waals surface area contributed by atoms with Crippen LogP contribution in [0.5, 0.6) is 0 Å². The molecule has 0 bridgehead atoms. The van der Waals surface area contributed by atoms with Crippen molar-refractivity contribution in [2.75, 3.05) is 13.2 Å². The van der Waals surface area contributed by atoms with Crippen LogP contribution in [0.15, 0.2) is 0 Å². The van der Waals surface area contributed by atoms with E-state index in [9.17, 15) is 4.79 Å². The molecule has 0 radical (unpaired) electrons. The standard InChI is InChI=1S/C9H20O.C2H3ClO/c1-4-5-6-7-10-8-9(2)3;1-2(3)4/h9H,4-8H2,1-3H3;1H3. The van der Waals surface area contributed by atoms with Gasteiger partial charge in [0.15, 0.2) is 0 Å². The maximum absolute atomic E-state index is 9.21. The van der Waals surface area contributed by atoms with Crippen molar-refractivity contribution in [3.63, 3.8) is 0 Å². The molecule has 0 saturated carbocycles. The Balaban J connectivity index is 0. The van der Waals surface area contributed by atoms with Gasteiger partial charge in [0, 0.05) is 20.1 Å². The number of unbranched alkanes of at least 4 members (excludes halogenated alkanes) is 2. The van der Waals surface area contributed by atoms with Crippen molar-refractivity contribution in [1.29, 1.82) is 0 Å². The van der Waals surface area contributed by atoms with E-state index in [1.165, 1.54) is 26.2 Å². The number of rotatable bonds is 6. The summed E-state index contributed by atoms with van der Waals surface area (Å²) in [5.74, 6) is 0.682. The zero-order chi connectivity index (χ0) is 11.4. The second-order valence-corrected chi connectivity index (χ2v) is 4.18. The summed E-state index contributed by atoms with van der Waals surface area (Å²) in [5.41, 5.74) is 0. The summed E-state index contributed by atoms with van der Waals surface area (Å²) in [5, 5.41) is -0.361. The number of carbonyl (C=O) groups excluding carboxylic acids is 1. The predicted octanol–water partition coefficient (Wildman–Crippen LogP) is 3.62. The molecule has 0 heterocycles. The lowest BCUT2D eigenvalue weighted by Crippen LogP contribution is -2.02. The smallest absolute Gasteiger partial charge is 0.218 e. The quantitative estimate of drug-likeness (QED) is 0.507. The van der Waals surface area contributed by atoms with Gasteiger partial charge in [-0.3, -0.25) is 4.79 Å². The number of carbonyl (C=O) groups is 1. The summed E-state index contributed by atoms with van der Waals surface area (Å²) in [6, 6.07) is 0. The molecule has 0 N–H and O–H groups in total. The second kappa shape index (κ2) is 12.9. The van der Waals surface area contributed by atoms with E-state index in [1.54, 1.807) is 0 Å². The van der Waals surface area contributed by atoms with E-state index in [0.29, 0.717) is 5.92 Å². The Morgan fingerprint density at radius 1 is 1.36 bits per heavy atom. The number of ether oxygens (including phenoxy) is 1. The molecule has 0 aromatic heterocycles. The maximum Gasteiger partial charge on any atom is 0.218 e. The van der Waals surface area contributed by atoms with Crippen LogP contribution >= 0.6 is 11.6 Å². The van der Waals surface area contributed by atoms with E-state index in [1.807, 2.05) is 0 Å². The van der Waals surface area contributed by atoms with Crippen molar-refractivity contribution in [1.82, 2.24) is 0 Å². The zero-order valence-corrected chi connectivity index (χ0v) is 10.6. The van der Waals surface area contributed by atoms with Gasteiger partial charge in [-0.05, 0) is 23.9 Å². The molecule has 14 heavy (non-hydrogen) atoms. The molecule has 0 aliphatic carbocycles. The van der Waals surface area contributed by atoms with Gasteiger partial charge in [-0.15, -0.1) is 0 Å². The van der Waals surface area contributed by atoms with Crippen LogP contribution in [0.2, 0.25) is 0 Å². The summed E-state index contributed by atoms with van der Waals surface area (Å²) in [6.07, 6.45) is 3.81. The Labute approximate surface area is 93.0 Å². The minimum atomic E-state index is -0.361. The van der Waals surface area contributed by atoms with Crippen molar-refractivity contribution in [2.24, 2.45) is 5.92 Å². The molecule has 0 rings (SSSR count). The van der Waals surface area contributed by atoms with Gasteiger partial charge >= 0.3 is 0 Å². The SMILES string of the molecule is CC(=O)Cl.CCCCCOCC(C)C. The zero-order valence-electron chi connectivity index (χ0n) is 9.81. The van der Waals surface area contributed by atoms with Gasteiger partial charge in [-0.25, -0.2) is 0 Å². The van der Waals surface area contributed by atoms with Gasteiger partial charge in [0.05, 0.1) is 0 Å². The van der Waals surface area contributed by atoms with Crippen LogP contribution in [0.4, 0.5) is 0 Å². The van der Waals surface area contributed by atoms with Crippen LogP contribution in [0, 0.1) is 5.92 Å². The Hall–Kier alpha value is -0.0800. The van der Waals surface area contributed by atoms with Crippen LogP contribution in [-0.2, 0) is 9.53 Å². The highest BCUT2D eigenvalue weighted by Crippen LogP contribution is 1.97. The molecule has 0 aliphatic heterocycles. The monoisotopic (exact) mass is 222 g/mol. The Kier molecular flexibility index (Phi) is 15.1. The van der Waals surface area contributed by atoms with E-state index in [4.69, 9.17) is 4.74 Å². The first-order chi connectivity index (χ1) is 6.50. The Morgan fingerprint density at radius 2 is 1.86 bits per heavy atom. The molecule has 0 spiro atoms. The fourth-order valence-corrected chi connectivity index (χ4v) is 0.773. The third-order valence-electron chi connectivity index (χ3n) is 1.34. The fraction of sp³-hybridized carbons (Fsp3) is 0.909. The summed E-state index contributed by atoms with van der Waals surface area (Å²) in [4.78, 5) is 9.21. The number of hydrogen-bond donors (Lipinski definition) is 0. The highest BCUT2D eigenvalue weighted by molar-refractivity contribution is 6.62. The van der Waals surface area contributed by atoms with Gasteiger partial charge < -0.3 is 4.74 Å². The summed E-state index contributed by atoms with van der Waals surface area (Å²) in [7, 11) is 0. The minimum absolute atomic E-state index is 0.361. The molecule has 3 heteroatoms. The second-order valence-electron chi connectivity index (χ2n) is 3.65. The summed E-state index contributed by atoms with van der Waals surface area (Å²) in [6.45, 7) is 9.74. The highest BCUT2D eigenvalue weighted by atomic mass is 35.5. The third-order valence-corrected chi connectivity index (χ3v) is 1.34. The van der Waals surface area contributed by atoms with Gasteiger partial charge in [-0.2, -0.15) is 0 Å². The molecule has 2 nitrogen and oxygen atoms in total. The largest absolute Gasteiger partial charge is 0.381 e. The molecule has 0 unspecified atom stereocenters. The molecule has 0 saturated heterocycles. The maximum atomic E-state index is 9.21. The van der Waals surface area contributed by atoms with Gasteiger partial charge in [0.1, 0.15) is 0 Å². The molecular formula is C11H23ClO2. The van der Waals surface area contributed by atoms with Crippen LogP contribution in [0.3, 0.4) is 0 Å². The average Bonchev–Trinajstić information content (AvgIpc) is 2.02. The number of hydrogen-bond acceptors (Lipinski definition) is 2. The van der Waals surface area contributed by atoms with E-state index in [-0.39, 0.29) is 5.24 Å². The normalized spacial score (nSPS) is 9.57.